The van der Waals surface area contributed by atoms with Gasteiger partial charge in [-0.3, -0.25) is 4.79 Å². The number of carbonyl (C=O) groups is 1. The molecular formula is C14H18N2O3. The lowest BCUT2D eigenvalue weighted by molar-refractivity contribution is 0.100. The monoisotopic (exact) mass is 262 g/mol. The number of benzene rings is 1. The Hall–Kier alpha value is -2.17. The van der Waals surface area contributed by atoms with Crippen LogP contribution >= 0.6 is 0 Å². The summed E-state index contributed by atoms with van der Waals surface area (Å²) in [6, 6.07) is 5.07. The van der Waals surface area contributed by atoms with Crippen molar-refractivity contribution < 1.29 is 14.3 Å². The highest BCUT2D eigenvalue weighted by atomic mass is 16.5. The molecule has 0 saturated heterocycles. The molecule has 0 spiro atoms. The molecular weight excluding hydrogens is 244 g/mol. The van der Waals surface area contributed by atoms with Gasteiger partial charge in [0.15, 0.2) is 0 Å². The molecule has 1 aliphatic heterocycles. The van der Waals surface area contributed by atoms with Crippen molar-refractivity contribution in [2.45, 2.75) is 18.9 Å². The lowest BCUT2D eigenvalue weighted by atomic mass is 10.1. The first kappa shape index (κ1) is 13.3. The van der Waals surface area contributed by atoms with E-state index >= 15 is 0 Å². The lowest BCUT2D eigenvalue weighted by Gasteiger charge is -2.21. The van der Waals surface area contributed by atoms with Crippen molar-refractivity contribution in [2.24, 2.45) is 5.73 Å². The second kappa shape index (κ2) is 6.13. The average molecular weight is 262 g/mol. The van der Waals surface area contributed by atoms with E-state index in [2.05, 4.69) is 5.32 Å². The van der Waals surface area contributed by atoms with Crippen LogP contribution in [-0.4, -0.2) is 25.7 Å². The maximum Gasteiger partial charge on any atom is 0.248 e. The normalized spacial score (nSPS) is 17.6. The van der Waals surface area contributed by atoms with Crippen molar-refractivity contribution in [1.82, 2.24) is 0 Å². The molecule has 1 heterocycles. The molecule has 19 heavy (non-hydrogen) atoms. The van der Waals surface area contributed by atoms with Crippen LogP contribution in [0.1, 0.15) is 23.2 Å². The summed E-state index contributed by atoms with van der Waals surface area (Å²) in [4.78, 5) is 11.2. The Morgan fingerprint density at radius 1 is 1.58 bits per heavy atom. The first-order valence-corrected chi connectivity index (χ1v) is 6.23. The number of carbonyl (C=O) groups excluding carboxylic acids is 1. The number of allylic oxidation sites excluding steroid dienone is 1. The number of hydrogen-bond acceptors (Lipinski definition) is 4. The Labute approximate surface area is 112 Å². The quantitative estimate of drug-likeness (QED) is 0.850. The van der Waals surface area contributed by atoms with Gasteiger partial charge in [0.1, 0.15) is 11.9 Å². The van der Waals surface area contributed by atoms with Crippen molar-refractivity contribution in [1.29, 1.82) is 0 Å². The average Bonchev–Trinajstić information content (AvgIpc) is 2.45. The molecule has 3 N–H and O–H groups in total. The zero-order chi connectivity index (χ0) is 13.7. The van der Waals surface area contributed by atoms with Gasteiger partial charge in [-0.2, -0.15) is 0 Å². The summed E-state index contributed by atoms with van der Waals surface area (Å²) in [6.45, 7) is 0.656. The third kappa shape index (κ3) is 3.40. The van der Waals surface area contributed by atoms with Crippen LogP contribution in [0.3, 0.4) is 0 Å². The topological polar surface area (TPSA) is 73.6 Å². The number of nitrogens with one attached hydrogen (secondary N) is 1. The van der Waals surface area contributed by atoms with Crippen LogP contribution in [0.2, 0.25) is 0 Å². The fourth-order valence-electron chi connectivity index (χ4n) is 1.96. The van der Waals surface area contributed by atoms with Crippen LogP contribution < -0.4 is 15.8 Å². The van der Waals surface area contributed by atoms with Gasteiger partial charge in [-0.15, -0.1) is 0 Å². The first-order valence-electron chi connectivity index (χ1n) is 6.23. The predicted octanol–water partition coefficient (Wildman–Crippen LogP) is 1.90. The fourth-order valence-corrected chi connectivity index (χ4v) is 1.96. The van der Waals surface area contributed by atoms with Gasteiger partial charge in [0.2, 0.25) is 5.91 Å². The molecule has 1 unspecified atom stereocenters. The van der Waals surface area contributed by atoms with Crippen molar-refractivity contribution >= 4 is 11.6 Å². The number of methoxy groups -OCH3 is 1. The van der Waals surface area contributed by atoms with Crippen molar-refractivity contribution in [2.75, 3.05) is 19.0 Å². The largest absolute Gasteiger partial charge is 0.497 e. The second-order valence-corrected chi connectivity index (χ2v) is 4.37. The standard InChI is InChI=1S/C14H18N2O3/c1-18-13-6-5-10(14(15)17)8-12(13)16-9-11-4-2-3-7-19-11/h3,5-8,11,16H,2,4,9H2,1H3,(H2,15,17). The molecule has 1 atom stereocenters. The van der Waals surface area contributed by atoms with Gasteiger partial charge in [-0.05, 0) is 37.1 Å². The van der Waals surface area contributed by atoms with E-state index in [1.165, 1.54) is 0 Å². The van der Waals surface area contributed by atoms with E-state index < -0.39 is 5.91 Å². The van der Waals surface area contributed by atoms with Crippen molar-refractivity contribution in [3.05, 3.63) is 36.1 Å². The highest BCUT2D eigenvalue weighted by Crippen LogP contribution is 2.25. The molecule has 102 valence electrons. The van der Waals surface area contributed by atoms with E-state index in [1.54, 1.807) is 31.6 Å². The molecule has 0 bridgehead atoms. The molecule has 1 aromatic carbocycles. The zero-order valence-electron chi connectivity index (χ0n) is 10.9. The zero-order valence-corrected chi connectivity index (χ0v) is 10.9. The Bertz CT molecular complexity index is 486. The summed E-state index contributed by atoms with van der Waals surface area (Å²) in [5, 5.41) is 3.24. The molecule has 0 saturated carbocycles. The van der Waals surface area contributed by atoms with E-state index in [-0.39, 0.29) is 6.10 Å². The summed E-state index contributed by atoms with van der Waals surface area (Å²) < 4.78 is 10.7. The Kier molecular flexibility index (Phi) is 4.28. The summed E-state index contributed by atoms with van der Waals surface area (Å²) >= 11 is 0. The maximum absolute atomic E-state index is 11.2. The molecule has 1 aliphatic rings. The smallest absolute Gasteiger partial charge is 0.248 e. The van der Waals surface area contributed by atoms with E-state index in [9.17, 15) is 4.79 Å². The molecule has 0 radical (unpaired) electrons. The molecule has 0 aromatic heterocycles. The molecule has 2 rings (SSSR count). The number of ether oxygens (including phenoxy) is 2. The summed E-state index contributed by atoms with van der Waals surface area (Å²) in [5.41, 5.74) is 6.47. The van der Waals surface area contributed by atoms with Crippen LogP contribution in [0.15, 0.2) is 30.5 Å². The fraction of sp³-hybridized carbons (Fsp3) is 0.357. The number of nitrogens with two attached hydrogens (primary N) is 1. The van der Waals surface area contributed by atoms with Gasteiger partial charge < -0.3 is 20.5 Å². The van der Waals surface area contributed by atoms with Gasteiger partial charge in [-0.1, -0.05) is 0 Å². The third-order valence-electron chi connectivity index (χ3n) is 3.03. The van der Waals surface area contributed by atoms with Crippen LogP contribution in [-0.2, 0) is 4.74 Å². The van der Waals surface area contributed by atoms with Gasteiger partial charge in [0.05, 0.1) is 25.6 Å². The Balaban J connectivity index is 2.06. The van der Waals surface area contributed by atoms with Crippen LogP contribution in [0.4, 0.5) is 5.69 Å². The minimum atomic E-state index is -0.456. The highest BCUT2D eigenvalue weighted by molar-refractivity contribution is 5.94. The minimum absolute atomic E-state index is 0.131. The minimum Gasteiger partial charge on any atom is -0.497 e. The van der Waals surface area contributed by atoms with E-state index in [0.29, 0.717) is 17.9 Å². The van der Waals surface area contributed by atoms with Gasteiger partial charge >= 0.3 is 0 Å². The third-order valence-corrected chi connectivity index (χ3v) is 3.03. The van der Waals surface area contributed by atoms with E-state index in [4.69, 9.17) is 15.2 Å². The van der Waals surface area contributed by atoms with Crippen LogP contribution in [0.5, 0.6) is 5.75 Å². The van der Waals surface area contributed by atoms with Gasteiger partial charge in [0.25, 0.3) is 0 Å². The molecule has 0 fully saturated rings. The molecule has 1 aromatic rings. The summed E-state index contributed by atoms with van der Waals surface area (Å²) in [7, 11) is 1.59. The molecule has 5 heteroatoms. The number of hydrogen-bond donors (Lipinski definition) is 2. The van der Waals surface area contributed by atoms with Crippen molar-refractivity contribution in [3.8, 4) is 5.75 Å². The SMILES string of the molecule is COc1ccc(C(N)=O)cc1NCC1CCC=CO1. The predicted molar refractivity (Wildman–Crippen MR) is 73.2 cm³/mol. The number of amides is 1. The van der Waals surface area contributed by atoms with E-state index in [0.717, 1.165) is 18.5 Å². The van der Waals surface area contributed by atoms with Gasteiger partial charge in [-0.25, -0.2) is 0 Å². The second-order valence-electron chi connectivity index (χ2n) is 4.37. The molecule has 0 aliphatic carbocycles. The maximum atomic E-state index is 11.2. The van der Waals surface area contributed by atoms with Gasteiger partial charge in [0, 0.05) is 5.56 Å². The van der Waals surface area contributed by atoms with Crippen LogP contribution in [0.25, 0.3) is 0 Å². The number of primary amides is 1. The van der Waals surface area contributed by atoms with Crippen molar-refractivity contribution in [3.63, 3.8) is 0 Å². The Morgan fingerprint density at radius 2 is 2.42 bits per heavy atom. The number of rotatable bonds is 5. The molecule has 1 amide bonds. The summed E-state index contributed by atoms with van der Waals surface area (Å²) in [5.74, 6) is 0.221. The molecule has 5 nitrogen and oxygen atoms in total. The van der Waals surface area contributed by atoms with Crippen LogP contribution in [0, 0.1) is 0 Å². The summed E-state index contributed by atoms with van der Waals surface area (Å²) in [6.07, 6.45) is 5.86. The highest BCUT2D eigenvalue weighted by Gasteiger charge is 2.13. The van der Waals surface area contributed by atoms with E-state index in [1.807, 2.05) is 6.08 Å². The Morgan fingerprint density at radius 3 is 3.05 bits per heavy atom. The first-order chi connectivity index (χ1) is 9.20. The lowest BCUT2D eigenvalue weighted by Crippen LogP contribution is -2.23. The number of anilines is 1.